The number of carbonyl (C=O) groups is 3. The Morgan fingerprint density at radius 1 is 0.800 bits per heavy atom. The topological polar surface area (TPSA) is 118 Å². The first-order valence-corrected chi connectivity index (χ1v) is 16.3. The van der Waals surface area contributed by atoms with Gasteiger partial charge in [0.15, 0.2) is 0 Å². The van der Waals surface area contributed by atoms with Crippen molar-refractivity contribution in [3.05, 3.63) is 84.1 Å². The standard InChI is InChI=1S/C36H44N6O3/c1-42(29-14-18-38-19-15-29)36(45)33(21-24-10-11-25-6-2-3-7-27(25)20-24)41-35(44)32(40-34(43)26-12-16-37-17-13-26)22-28-23-39-31-9-5-4-8-30(28)31/h2-11,20,23,26,29,32-33,37-39H,12-19,21-22H2,1H3,(H,40,43)(H,41,44)/t32-,33-/m0/s1. The van der Waals surface area contributed by atoms with Crippen molar-refractivity contribution in [2.24, 2.45) is 5.92 Å². The van der Waals surface area contributed by atoms with Crippen LogP contribution in [0.1, 0.15) is 36.8 Å². The Bertz CT molecular complexity index is 1640. The van der Waals surface area contributed by atoms with Gasteiger partial charge in [-0.15, -0.1) is 0 Å². The summed E-state index contributed by atoms with van der Waals surface area (Å²) in [5.41, 5.74) is 2.89. The summed E-state index contributed by atoms with van der Waals surface area (Å²) >= 11 is 0. The Balaban J connectivity index is 1.27. The fraction of sp³-hybridized carbons (Fsp3) is 0.417. The Morgan fingerprint density at radius 3 is 2.27 bits per heavy atom. The number of nitrogens with zero attached hydrogens (tertiary/aromatic N) is 1. The smallest absolute Gasteiger partial charge is 0.245 e. The van der Waals surface area contributed by atoms with E-state index < -0.39 is 12.1 Å². The van der Waals surface area contributed by atoms with Crippen molar-refractivity contribution in [2.45, 2.75) is 56.7 Å². The molecule has 1 aromatic heterocycles. The largest absolute Gasteiger partial charge is 0.361 e. The number of H-pyrrole nitrogens is 1. The molecule has 2 saturated heterocycles. The maximum atomic E-state index is 14.2. The summed E-state index contributed by atoms with van der Waals surface area (Å²) < 4.78 is 0. The summed E-state index contributed by atoms with van der Waals surface area (Å²) in [5, 5.41) is 16.1. The molecule has 0 bridgehead atoms. The Hall–Kier alpha value is -4.21. The van der Waals surface area contributed by atoms with Crippen molar-refractivity contribution in [1.29, 1.82) is 0 Å². The van der Waals surface area contributed by atoms with E-state index in [2.05, 4.69) is 50.5 Å². The zero-order chi connectivity index (χ0) is 31.2. The molecule has 0 aliphatic carbocycles. The first kappa shape index (κ1) is 30.8. The molecule has 4 aromatic rings. The van der Waals surface area contributed by atoms with E-state index in [1.807, 2.05) is 60.6 Å². The highest BCUT2D eigenvalue weighted by molar-refractivity contribution is 5.94. The molecule has 2 fully saturated rings. The van der Waals surface area contributed by atoms with Gasteiger partial charge >= 0.3 is 0 Å². The second-order valence-corrected chi connectivity index (χ2v) is 12.5. The Kier molecular flexibility index (Phi) is 9.76. The molecule has 45 heavy (non-hydrogen) atoms. The van der Waals surface area contributed by atoms with Crippen LogP contribution in [-0.4, -0.2) is 79.0 Å². The number of para-hydroxylation sites is 1. The van der Waals surface area contributed by atoms with Gasteiger partial charge in [-0.05, 0) is 79.8 Å². The molecule has 6 rings (SSSR count). The van der Waals surface area contributed by atoms with E-state index in [0.717, 1.165) is 84.7 Å². The van der Waals surface area contributed by atoms with Crippen LogP contribution < -0.4 is 21.3 Å². The monoisotopic (exact) mass is 608 g/mol. The van der Waals surface area contributed by atoms with E-state index in [-0.39, 0.29) is 29.7 Å². The number of aromatic nitrogens is 1. The van der Waals surface area contributed by atoms with Crippen LogP contribution in [-0.2, 0) is 27.2 Å². The molecular formula is C36H44N6O3. The minimum absolute atomic E-state index is 0.108. The van der Waals surface area contributed by atoms with Crippen LogP contribution in [0.15, 0.2) is 72.9 Å². The quantitative estimate of drug-likeness (QED) is 0.189. The molecule has 0 spiro atoms. The van der Waals surface area contributed by atoms with Gasteiger partial charge in [0.05, 0.1) is 0 Å². The molecule has 9 heteroatoms. The molecule has 236 valence electrons. The van der Waals surface area contributed by atoms with Crippen molar-refractivity contribution in [1.82, 2.24) is 31.2 Å². The predicted molar refractivity (Wildman–Crippen MR) is 178 cm³/mol. The second-order valence-electron chi connectivity index (χ2n) is 12.5. The van der Waals surface area contributed by atoms with E-state index >= 15 is 0 Å². The van der Waals surface area contributed by atoms with Crippen molar-refractivity contribution >= 4 is 39.4 Å². The highest BCUT2D eigenvalue weighted by Crippen LogP contribution is 2.22. The van der Waals surface area contributed by atoms with Crippen LogP contribution in [0, 0.1) is 5.92 Å². The lowest BCUT2D eigenvalue weighted by Crippen LogP contribution is -2.57. The maximum Gasteiger partial charge on any atom is 0.245 e. The van der Waals surface area contributed by atoms with E-state index in [1.165, 1.54) is 0 Å². The molecule has 3 amide bonds. The number of hydrogen-bond donors (Lipinski definition) is 5. The van der Waals surface area contributed by atoms with Crippen LogP contribution in [0.2, 0.25) is 0 Å². The fourth-order valence-electron chi connectivity index (χ4n) is 6.80. The maximum absolute atomic E-state index is 14.2. The van der Waals surface area contributed by atoms with Gasteiger partial charge in [0.1, 0.15) is 12.1 Å². The van der Waals surface area contributed by atoms with Crippen LogP contribution in [0.5, 0.6) is 0 Å². The number of amides is 3. The minimum atomic E-state index is -0.831. The Labute approximate surface area is 264 Å². The second kappa shape index (κ2) is 14.3. The molecule has 0 unspecified atom stereocenters. The van der Waals surface area contributed by atoms with Crippen LogP contribution in [0.4, 0.5) is 0 Å². The van der Waals surface area contributed by atoms with Gasteiger partial charge in [-0.2, -0.15) is 0 Å². The van der Waals surface area contributed by atoms with Crippen LogP contribution in [0.25, 0.3) is 21.7 Å². The van der Waals surface area contributed by atoms with Gasteiger partial charge < -0.3 is 31.2 Å². The fourth-order valence-corrected chi connectivity index (χ4v) is 6.80. The number of aromatic amines is 1. The SMILES string of the molecule is CN(C(=O)[C@H](Cc1ccc2ccccc2c1)NC(=O)[C@H](Cc1c[nH]c2ccccc12)NC(=O)C1CCNCC1)C1CCNCC1. The van der Waals surface area contributed by atoms with Crippen molar-refractivity contribution in [3.8, 4) is 0 Å². The Morgan fingerprint density at radius 2 is 1.49 bits per heavy atom. The number of benzene rings is 3. The van der Waals surface area contributed by atoms with Crippen molar-refractivity contribution < 1.29 is 14.4 Å². The molecule has 9 nitrogen and oxygen atoms in total. The van der Waals surface area contributed by atoms with Gasteiger partial charge in [0.2, 0.25) is 17.7 Å². The lowest BCUT2D eigenvalue weighted by molar-refractivity contribution is -0.138. The third kappa shape index (κ3) is 7.37. The van der Waals surface area contributed by atoms with Gasteiger partial charge in [-0.25, -0.2) is 0 Å². The normalized spacial score (nSPS) is 17.5. The van der Waals surface area contributed by atoms with Crippen molar-refractivity contribution in [2.75, 3.05) is 33.2 Å². The predicted octanol–water partition coefficient (Wildman–Crippen LogP) is 3.29. The molecule has 2 atom stereocenters. The summed E-state index contributed by atoms with van der Waals surface area (Å²) in [6, 6.07) is 20.8. The summed E-state index contributed by atoms with van der Waals surface area (Å²) in [5.74, 6) is -0.717. The third-order valence-electron chi connectivity index (χ3n) is 9.51. The number of piperidine rings is 2. The summed E-state index contributed by atoms with van der Waals surface area (Å²) in [6.45, 7) is 3.28. The number of hydrogen-bond acceptors (Lipinski definition) is 5. The number of carbonyl (C=O) groups excluding carboxylic acids is 3. The first-order valence-electron chi connectivity index (χ1n) is 16.3. The zero-order valence-corrected chi connectivity index (χ0v) is 26.0. The number of fused-ring (bicyclic) bond motifs is 2. The van der Waals surface area contributed by atoms with Crippen molar-refractivity contribution in [3.63, 3.8) is 0 Å². The van der Waals surface area contributed by atoms with Gasteiger partial charge in [0, 0.05) is 48.9 Å². The minimum Gasteiger partial charge on any atom is -0.361 e. The van der Waals surface area contributed by atoms with E-state index in [4.69, 9.17) is 0 Å². The average Bonchev–Trinajstić information content (AvgIpc) is 3.50. The molecule has 0 saturated carbocycles. The summed E-state index contributed by atoms with van der Waals surface area (Å²) in [7, 11) is 1.85. The number of likely N-dealkylation sites (N-methyl/N-ethyl adjacent to an activating group) is 1. The molecule has 2 aliphatic heterocycles. The van der Waals surface area contributed by atoms with E-state index in [1.54, 1.807) is 0 Å². The lowest BCUT2D eigenvalue weighted by atomic mass is 9.95. The third-order valence-corrected chi connectivity index (χ3v) is 9.51. The molecular weight excluding hydrogens is 564 g/mol. The first-order chi connectivity index (χ1) is 22.0. The number of rotatable bonds is 10. The highest BCUT2D eigenvalue weighted by atomic mass is 16.2. The zero-order valence-electron chi connectivity index (χ0n) is 26.0. The van der Waals surface area contributed by atoms with Gasteiger partial charge in [-0.3, -0.25) is 14.4 Å². The summed E-state index contributed by atoms with van der Waals surface area (Å²) in [4.78, 5) is 46.9. The molecule has 2 aliphatic rings. The average molecular weight is 609 g/mol. The molecule has 5 N–H and O–H groups in total. The van der Waals surface area contributed by atoms with Gasteiger partial charge in [0.25, 0.3) is 0 Å². The number of nitrogens with one attached hydrogen (secondary N) is 5. The van der Waals surface area contributed by atoms with Crippen LogP contribution in [0.3, 0.4) is 0 Å². The van der Waals surface area contributed by atoms with E-state index in [0.29, 0.717) is 12.8 Å². The highest BCUT2D eigenvalue weighted by Gasteiger charge is 2.33. The molecule has 3 aromatic carbocycles. The van der Waals surface area contributed by atoms with Crippen LogP contribution >= 0.6 is 0 Å². The lowest BCUT2D eigenvalue weighted by Gasteiger charge is -2.34. The van der Waals surface area contributed by atoms with E-state index in [9.17, 15) is 14.4 Å². The summed E-state index contributed by atoms with van der Waals surface area (Å²) in [6.07, 6.45) is 5.78. The molecule has 3 heterocycles. The van der Waals surface area contributed by atoms with Gasteiger partial charge in [-0.1, -0.05) is 60.7 Å². The molecule has 0 radical (unpaired) electrons.